The average molecular weight is 250 g/mol. The standard InChI is InChI=1S/C14H22N2O2/c1-11(9-12-7-8-18-10-12)15-14(17)16-13-5-3-2-4-6-13/h7-8,10-11,13H,2-6,9H2,1H3,(H2,15,16,17). The second-order valence-electron chi connectivity index (χ2n) is 5.19. The second-order valence-corrected chi connectivity index (χ2v) is 5.19. The summed E-state index contributed by atoms with van der Waals surface area (Å²) in [5.74, 6) is 0. The van der Waals surface area contributed by atoms with Crippen molar-refractivity contribution in [2.45, 2.75) is 57.5 Å². The summed E-state index contributed by atoms with van der Waals surface area (Å²) in [6, 6.07) is 2.36. The van der Waals surface area contributed by atoms with E-state index in [2.05, 4.69) is 10.6 Å². The Morgan fingerprint density at radius 1 is 1.44 bits per heavy atom. The van der Waals surface area contributed by atoms with Crippen molar-refractivity contribution in [1.29, 1.82) is 0 Å². The lowest BCUT2D eigenvalue weighted by molar-refractivity contribution is 0.229. The Balaban J connectivity index is 1.69. The van der Waals surface area contributed by atoms with Gasteiger partial charge in [0.15, 0.2) is 0 Å². The smallest absolute Gasteiger partial charge is 0.315 e. The fraction of sp³-hybridized carbons (Fsp3) is 0.643. The van der Waals surface area contributed by atoms with Gasteiger partial charge in [0, 0.05) is 12.1 Å². The molecule has 1 saturated carbocycles. The van der Waals surface area contributed by atoms with E-state index in [1.54, 1.807) is 12.5 Å². The molecule has 1 aliphatic rings. The van der Waals surface area contributed by atoms with Crippen molar-refractivity contribution >= 4 is 6.03 Å². The first kappa shape index (κ1) is 13.0. The first-order chi connectivity index (χ1) is 8.74. The minimum absolute atomic E-state index is 0.0436. The lowest BCUT2D eigenvalue weighted by atomic mass is 9.96. The predicted molar refractivity (Wildman–Crippen MR) is 70.4 cm³/mol. The predicted octanol–water partition coefficient (Wildman–Crippen LogP) is 2.84. The van der Waals surface area contributed by atoms with Crippen LogP contribution < -0.4 is 10.6 Å². The van der Waals surface area contributed by atoms with Gasteiger partial charge in [-0.15, -0.1) is 0 Å². The summed E-state index contributed by atoms with van der Waals surface area (Å²) in [4.78, 5) is 11.8. The molecule has 1 unspecified atom stereocenters. The fourth-order valence-electron chi connectivity index (χ4n) is 2.51. The zero-order chi connectivity index (χ0) is 12.8. The van der Waals surface area contributed by atoms with E-state index in [0.717, 1.165) is 24.8 Å². The van der Waals surface area contributed by atoms with Crippen molar-refractivity contribution in [3.05, 3.63) is 24.2 Å². The fourth-order valence-corrected chi connectivity index (χ4v) is 2.51. The van der Waals surface area contributed by atoms with Crippen LogP contribution in [0.4, 0.5) is 4.79 Å². The molecule has 1 aliphatic carbocycles. The number of urea groups is 1. The van der Waals surface area contributed by atoms with Crippen LogP contribution in [0.25, 0.3) is 0 Å². The first-order valence-corrected chi connectivity index (χ1v) is 6.82. The van der Waals surface area contributed by atoms with Gasteiger partial charge < -0.3 is 15.1 Å². The number of carbonyl (C=O) groups excluding carboxylic acids is 1. The molecule has 1 atom stereocenters. The monoisotopic (exact) mass is 250 g/mol. The van der Waals surface area contributed by atoms with Gasteiger partial charge in [0.25, 0.3) is 0 Å². The summed E-state index contributed by atoms with van der Waals surface area (Å²) in [5, 5.41) is 6.03. The number of furan rings is 1. The molecule has 1 fully saturated rings. The van der Waals surface area contributed by atoms with Crippen LogP contribution in [0.2, 0.25) is 0 Å². The zero-order valence-corrected chi connectivity index (χ0v) is 10.9. The maximum atomic E-state index is 11.8. The maximum absolute atomic E-state index is 11.8. The topological polar surface area (TPSA) is 54.3 Å². The number of rotatable bonds is 4. The van der Waals surface area contributed by atoms with Crippen LogP contribution in [0, 0.1) is 0 Å². The van der Waals surface area contributed by atoms with Gasteiger partial charge in [0.2, 0.25) is 0 Å². The molecule has 2 N–H and O–H groups in total. The Hall–Kier alpha value is -1.45. The van der Waals surface area contributed by atoms with E-state index in [4.69, 9.17) is 4.42 Å². The highest BCUT2D eigenvalue weighted by atomic mass is 16.3. The van der Waals surface area contributed by atoms with E-state index in [-0.39, 0.29) is 12.1 Å². The van der Waals surface area contributed by atoms with Crippen LogP contribution in [-0.2, 0) is 6.42 Å². The molecule has 0 radical (unpaired) electrons. The molecule has 1 heterocycles. The third-order valence-electron chi connectivity index (χ3n) is 3.44. The highest BCUT2D eigenvalue weighted by Crippen LogP contribution is 2.17. The quantitative estimate of drug-likeness (QED) is 0.863. The maximum Gasteiger partial charge on any atom is 0.315 e. The van der Waals surface area contributed by atoms with Gasteiger partial charge in [-0.1, -0.05) is 19.3 Å². The van der Waals surface area contributed by atoms with E-state index < -0.39 is 0 Å². The molecular formula is C14H22N2O2. The normalized spacial score (nSPS) is 18.3. The summed E-state index contributed by atoms with van der Waals surface area (Å²) in [5.41, 5.74) is 1.11. The van der Waals surface area contributed by atoms with Crippen LogP contribution in [0.3, 0.4) is 0 Å². The zero-order valence-electron chi connectivity index (χ0n) is 10.9. The van der Waals surface area contributed by atoms with Crippen molar-refractivity contribution in [3.8, 4) is 0 Å². The largest absolute Gasteiger partial charge is 0.472 e. The minimum atomic E-state index is -0.0436. The Bertz CT molecular complexity index is 356. The van der Waals surface area contributed by atoms with Crippen molar-refractivity contribution in [2.24, 2.45) is 0 Å². The lowest BCUT2D eigenvalue weighted by Crippen LogP contribution is -2.46. The molecule has 2 rings (SSSR count). The van der Waals surface area contributed by atoms with E-state index >= 15 is 0 Å². The second kappa shape index (κ2) is 6.47. The number of carbonyl (C=O) groups is 1. The van der Waals surface area contributed by atoms with E-state index in [1.807, 2.05) is 13.0 Å². The van der Waals surface area contributed by atoms with Crippen molar-refractivity contribution in [1.82, 2.24) is 10.6 Å². The Morgan fingerprint density at radius 2 is 2.22 bits per heavy atom. The third-order valence-corrected chi connectivity index (χ3v) is 3.44. The molecule has 18 heavy (non-hydrogen) atoms. The first-order valence-electron chi connectivity index (χ1n) is 6.82. The van der Waals surface area contributed by atoms with E-state index in [0.29, 0.717) is 6.04 Å². The SMILES string of the molecule is CC(Cc1ccoc1)NC(=O)NC1CCCCC1. The number of nitrogens with one attached hydrogen (secondary N) is 2. The molecule has 0 aromatic carbocycles. The Labute approximate surface area is 108 Å². The average Bonchev–Trinajstić information content (AvgIpc) is 2.82. The Morgan fingerprint density at radius 3 is 2.89 bits per heavy atom. The van der Waals surface area contributed by atoms with Crippen LogP contribution >= 0.6 is 0 Å². The molecule has 100 valence electrons. The highest BCUT2D eigenvalue weighted by Gasteiger charge is 2.16. The minimum Gasteiger partial charge on any atom is -0.472 e. The van der Waals surface area contributed by atoms with Crippen LogP contribution in [0.1, 0.15) is 44.6 Å². The van der Waals surface area contributed by atoms with Gasteiger partial charge in [-0.2, -0.15) is 0 Å². The molecule has 1 aromatic heterocycles. The number of hydrogen-bond acceptors (Lipinski definition) is 2. The van der Waals surface area contributed by atoms with Gasteiger partial charge in [-0.05, 0) is 37.8 Å². The molecule has 1 aromatic rings. The van der Waals surface area contributed by atoms with E-state index in [9.17, 15) is 4.79 Å². The summed E-state index contributed by atoms with van der Waals surface area (Å²) in [6.07, 6.45) is 10.2. The van der Waals surface area contributed by atoms with Crippen LogP contribution in [0.5, 0.6) is 0 Å². The van der Waals surface area contributed by atoms with Crippen molar-refractivity contribution in [3.63, 3.8) is 0 Å². The van der Waals surface area contributed by atoms with Gasteiger partial charge in [0.05, 0.1) is 12.5 Å². The molecular weight excluding hydrogens is 228 g/mol. The summed E-state index contributed by atoms with van der Waals surface area (Å²) < 4.78 is 5.01. The summed E-state index contributed by atoms with van der Waals surface area (Å²) >= 11 is 0. The van der Waals surface area contributed by atoms with Crippen molar-refractivity contribution < 1.29 is 9.21 Å². The molecule has 4 nitrogen and oxygen atoms in total. The van der Waals surface area contributed by atoms with E-state index in [1.165, 1.54) is 19.3 Å². The number of amides is 2. The third kappa shape index (κ3) is 4.09. The molecule has 2 amide bonds. The highest BCUT2D eigenvalue weighted by molar-refractivity contribution is 5.74. The molecule has 0 saturated heterocycles. The van der Waals surface area contributed by atoms with Crippen LogP contribution in [-0.4, -0.2) is 18.1 Å². The molecule has 0 spiro atoms. The van der Waals surface area contributed by atoms with Gasteiger partial charge in [-0.25, -0.2) is 4.79 Å². The molecule has 0 bridgehead atoms. The van der Waals surface area contributed by atoms with Crippen LogP contribution in [0.15, 0.2) is 23.0 Å². The van der Waals surface area contributed by atoms with Gasteiger partial charge in [0.1, 0.15) is 0 Å². The lowest BCUT2D eigenvalue weighted by Gasteiger charge is -2.24. The van der Waals surface area contributed by atoms with Crippen molar-refractivity contribution in [2.75, 3.05) is 0 Å². The number of hydrogen-bond donors (Lipinski definition) is 2. The Kier molecular flexibility index (Phi) is 4.67. The molecule has 4 heteroatoms. The molecule has 0 aliphatic heterocycles. The summed E-state index contributed by atoms with van der Waals surface area (Å²) in [6.45, 7) is 2.01. The van der Waals surface area contributed by atoms with Gasteiger partial charge in [-0.3, -0.25) is 0 Å². The summed E-state index contributed by atoms with van der Waals surface area (Å²) in [7, 11) is 0. The van der Waals surface area contributed by atoms with Gasteiger partial charge >= 0.3 is 6.03 Å².